The highest BCUT2D eigenvalue weighted by molar-refractivity contribution is 5.90. The third kappa shape index (κ3) is 4.69. The average Bonchev–Trinajstić information content (AvgIpc) is 2.97. The molecule has 1 aromatic heterocycles. The lowest BCUT2D eigenvalue weighted by molar-refractivity contribution is -0.132. The molecule has 0 bridgehead atoms. The number of rotatable bonds is 6. The zero-order valence-corrected chi connectivity index (χ0v) is 16.5. The van der Waals surface area contributed by atoms with Crippen molar-refractivity contribution in [1.29, 1.82) is 0 Å². The Morgan fingerprint density at radius 3 is 2.59 bits per heavy atom. The summed E-state index contributed by atoms with van der Waals surface area (Å²) in [4.78, 5) is 32.2. The molecule has 0 aliphatic carbocycles. The van der Waals surface area contributed by atoms with E-state index in [2.05, 4.69) is 28.2 Å². The van der Waals surface area contributed by atoms with Crippen LogP contribution in [0.2, 0.25) is 0 Å². The van der Waals surface area contributed by atoms with Gasteiger partial charge in [0, 0.05) is 48.8 Å². The van der Waals surface area contributed by atoms with Gasteiger partial charge in [-0.1, -0.05) is 25.1 Å². The molecule has 6 heteroatoms. The number of hydrogen-bond donors (Lipinski definition) is 2. The third-order valence-electron chi connectivity index (χ3n) is 5.47. The second-order valence-electron chi connectivity index (χ2n) is 7.48. The second kappa shape index (κ2) is 8.57. The molecule has 2 N–H and O–H groups in total. The molecule has 0 spiro atoms. The summed E-state index contributed by atoms with van der Waals surface area (Å²) < 4.78 is 0. The summed E-state index contributed by atoms with van der Waals surface area (Å²) in [5.74, 6) is 0.227. The van der Waals surface area contributed by atoms with Crippen molar-refractivity contribution in [3.05, 3.63) is 35.5 Å². The summed E-state index contributed by atoms with van der Waals surface area (Å²) in [7, 11) is 0. The molecule has 1 saturated heterocycles. The number of nitrogens with one attached hydrogen (secondary N) is 2. The van der Waals surface area contributed by atoms with Crippen LogP contribution in [-0.2, 0) is 16.0 Å². The minimum Gasteiger partial charge on any atom is -0.358 e. The van der Waals surface area contributed by atoms with Gasteiger partial charge in [0.05, 0.1) is 13.0 Å². The number of piperazine rings is 1. The largest absolute Gasteiger partial charge is 0.358 e. The van der Waals surface area contributed by atoms with E-state index in [-0.39, 0.29) is 17.9 Å². The third-order valence-corrected chi connectivity index (χ3v) is 5.47. The Morgan fingerprint density at radius 2 is 1.89 bits per heavy atom. The van der Waals surface area contributed by atoms with Crippen LogP contribution >= 0.6 is 0 Å². The smallest absolute Gasteiger partial charge is 0.234 e. The summed E-state index contributed by atoms with van der Waals surface area (Å²) in [6.45, 7) is 9.35. The fourth-order valence-electron chi connectivity index (χ4n) is 3.61. The number of carbonyl (C=O) groups excluding carboxylic acids is 2. The summed E-state index contributed by atoms with van der Waals surface area (Å²) >= 11 is 0. The van der Waals surface area contributed by atoms with Crippen molar-refractivity contribution in [1.82, 2.24) is 20.1 Å². The number of fused-ring (bicyclic) bond motifs is 1. The molecule has 27 heavy (non-hydrogen) atoms. The number of aromatic nitrogens is 1. The highest BCUT2D eigenvalue weighted by atomic mass is 16.2. The molecule has 2 amide bonds. The van der Waals surface area contributed by atoms with E-state index in [4.69, 9.17) is 0 Å². The predicted molar refractivity (Wildman–Crippen MR) is 108 cm³/mol. The number of aryl methyl sites for hydroxylation is 1. The molecule has 1 aliphatic rings. The number of para-hydroxylation sites is 1. The van der Waals surface area contributed by atoms with Crippen molar-refractivity contribution in [3.63, 3.8) is 0 Å². The second-order valence-corrected chi connectivity index (χ2v) is 7.48. The van der Waals surface area contributed by atoms with Crippen LogP contribution in [0.3, 0.4) is 0 Å². The Kier molecular flexibility index (Phi) is 6.16. The van der Waals surface area contributed by atoms with Gasteiger partial charge in [-0.05, 0) is 31.9 Å². The first kappa shape index (κ1) is 19.4. The molecule has 1 atom stereocenters. The lowest BCUT2D eigenvalue weighted by Gasteiger charge is -2.34. The number of benzene rings is 1. The Bertz CT molecular complexity index is 806. The van der Waals surface area contributed by atoms with Crippen molar-refractivity contribution in [2.45, 2.75) is 39.7 Å². The standard InChI is InChI=1S/C21H30N4O2/c1-4-15(2)22-20(26)14-24-9-11-25(12-10-24)21(27)13-18-16(3)23-19-8-6-5-7-17(18)19/h5-8,15,23H,4,9-14H2,1-3H3,(H,22,26). The average molecular weight is 370 g/mol. The molecule has 6 nitrogen and oxygen atoms in total. The lowest BCUT2D eigenvalue weighted by atomic mass is 10.1. The van der Waals surface area contributed by atoms with Crippen LogP contribution in [0.4, 0.5) is 0 Å². The normalized spacial score (nSPS) is 16.5. The monoisotopic (exact) mass is 370 g/mol. The molecule has 1 aromatic carbocycles. The van der Waals surface area contributed by atoms with Crippen LogP contribution in [0.25, 0.3) is 10.9 Å². The SMILES string of the molecule is CCC(C)NC(=O)CN1CCN(C(=O)Cc2c(C)[nH]c3ccccc23)CC1. The Hall–Kier alpha value is -2.34. The van der Waals surface area contributed by atoms with Gasteiger partial charge in [0.1, 0.15) is 0 Å². The van der Waals surface area contributed by atoms with Crippen LogP contribution < -0.4 is 5.32 Å². The van der Waals surface area contributed by atoms with E-state index in [0.29, 0.717) is 26.1 Å². The quantitative estimate of drug-likeness (QED) is 0.818. The number of carbonyl (C=O) groups is 2. The number of amides is 2. The molecule has 146 valence electrons. The highest BCUT2D eigenvalue weighted by Gasteiger charge is 2.24. The Morgan fingerprint density at radius 1 is 1.19 bits per heavy atom. The van der Waals surface area contributed by atoms with E-state index in [1.165, 1.54) is 0 Å². The molecule has 1 fully saturated rings. The molecule has 2 heterocycles. The molecule has 3 rings (SSSR count). The van der Waals surface area contributed by atoms with Gasteiger partial charge in [-0.25, -0.2) is 0 Å². The number of nitrogens with zero attached hydrogens (tertiary/aromatic N) is 2. The van der Waals surface area contributed by atoms with Crippen LogP contribution in [0.1, 0.15) is 31.5 Å². The zero-order chi connectivity index (χ0) is 19.4. The van der Waals surface area contributed by atoms with E-state index in [0.717, 1.165) is 41.7 Å². The fraction of sp³-hybridized carbons (Fsp3) is 0.524. The lowest BCUT2D eigenvalue weighted by Crippen LogP contribution is -2.52. The van der Waals surface area contributed by atoms with Gasteiger partial charge in [-0.2, -0.15) is 0 Å². The van der Waals surface area contributed by atoms with Crippen LogP contribution in [0, 0.1) is 6.92 Å². The number of aromatic amines is 1. The molecular weight excluding hydrogens is 340 g/mol. The van der Waals surface area contributed by atoms with Gasteiger partial charge in [0.15, 0.2) is 0 Å². The molecule has 1 unspecified atom stereocenters. The van der Waals surface area contributed by atoms with Gasteiger partial charge in [-0.3, -0.25) is 14.5 Å². The van der Waals surface area contributed by atoms with Crippen LogP contribution in [-0.4, -0.2) is 65.4 Å². The van der Waals surface area contributed by atoms with E-state index >= 15 is 0 Å². The van der Waals surface area contributed by atoms with Crippen molar-refractivity contribution in [2.24, 2.45) is 0 Å². The number of H-pyrrole nitrogens is 1. The molecule has 0 radical (unpaired) electrons. The topological polar surface area (TPSA) is 68.4 Å². The van der Waals surface area contributed by atoms with Gasteiger partial charge >= 0.3 is 0 Å². The van der Waals surface area contributed by atoms with E-state index in [1.807, 2.05) is 36.9 Å². The van der Waals surface area contributed by atoms with Gasteiger partial charge in [-0.15, -0.1) is 0 Å². The first-order chi connectivity index (χ1) is 13.0. The molecule has 0 saturated carbocycles. The fourth-order valence-corrected chi connectivity index (χ4v) is 3.61. The van der Waals surface area contributed by atoms with E-state index in [1.54, 1.807) is 0 Å². The summed E-state index contributed by atoms with van der Waals surface area (Å²) in [5.41, 5.74) is 3.23. The molecular formula is C21H30N4O2. The zero-order valence-electron chi connectivity index (χ0n) is 16.5. The maximum atomic E-state index is 12.8. The van der Waals surface area contributed by atoms with Crippen molar-refractivity contribution in [2.75, 3.05) is 32.7 Å². The minimum atomic E-state index is 0.0681. The maximum Gasteiger partial charge on any atom is 0.234 e. The van der Waals surface area contributed by atoms with E-state index in [9.17, 15) is 9.59 Å². The van der Waals surface area contributed by atoms with Crippen molar-refractivity contribution < 1.29 is 9.59 Å². The van der Waals surface area contributed by atoms with Crippen LogP contribution in [0.15, 0.2) is 24.3 Å². The Balaban J connectivity index is 1.53. The molecule has 1 aliphatic heterocycles. The highest BCUT2D eigenvalue weighted by Crippen LogP contribution is 2.23. The van der Waals surface area contributed by atoms with Crippen LogP contribution in [0.5, 0.6) is 0 Å². The number of hydrogen-bond acceptors (Lipinski definition) is 3. The summed E-state index contributed by atoms with van der Waals surface area (Å²) in [6, 6.07) is 8.32. The van der Waals surface area contributed by atoms with Crippen molar-refractivity contribution >= 4 is 22.7 Å². The van der Waals surface area contributed by atoms with Gasteiger partial charge in [0.25, 0.3) is 0 Å². The van der Waals surface area contributed by atoms with Gasteiger partial charge < -0.3 is 15.2 Å². The first-order valence-corrected chi connectivity index (χ1v) is 9.83. The molecule has 2 aromatic rings. The predicted octanol–water partition coefficient (Wildman–Crippen LogP) is 2.08. The summed E-state index contributed by atoms with van der Waals surface area (Å²) in [6.07, 6.45) is 1.35. The van der Waals surface area contributed by atoms with E-state index < -0.39 is 0 Å². The first-order valence-electron chi connectivity index (χ1n) is 9.83. The van der Waals surface area contributed by atoms with Crippen molar-refractivity contribution in [3.8, 4) is 0 Å². The summed E-state index contributed by atoms with van der Waals surface area (Å²) in [5, 5.41) is 4.13. The Labute approximate surface area is 160 Å². The van der Waals surface area contributed by atoms with Gasteiger partial charge in [0.2, 0.25) is 11.8 Å². The minimum absolute atomic E-state index is 0.0681. The maximum absolute atomic E-state index is 12.8.